The zero-order valence-electron chi connectivity index (χ0n) is 15.6. The van der Waals surface area contributed by atoms with Crippen LogP contribution in [-0.2, 0) is 21.2 Å². The highest BCUT2D eigenvalue weighted by atomic mass is 32.2. The average molecular weight is 398 g/mol. The predicted octanol–water partition coefficient (Wildman–Crippen LogP) is 3.30. The molecule has 1 aliphatic rings. The number of amides is 1. The minimum Gasteiger partial charge on any atom is -0.326 e. The summed E-state index contributed by atoms with van der Waals surface area (Å²) in [7, 11) is -3.43. The molecule has 3 rings (SSSR count). The van der Waals surface area contributed by atoms with Crippen LogP contribution in [0.1, 0.15) is 36.8 Å². The van der Waals surface area contributed by atoms with E-state index in [1.807, 2.05) is 6.07 Å². The van der Waals surface area contributed by atoms with E-state index in [-0.39, 0.29) is 12.3 Å². The Hall–Kier alpha value is -2.69. The second-order valence-electron chi connectivity index (χ2n) is 6.85. The molecule has 1 amide bonds. The molecule has 6 nitrogen and oxygen atoms in total. The van der Waals surface area contributed by atoms with E-state index in [1.54, 1.807) is 52.8 Å². The third-order valence-electron chi connectivity index (χ3n) is 4.81. The number of benzene rings is 2. The van der Waals surface area contributed by atoms with Crippen LogP contribution in [0.5, 0.6) is 0 Å². The number of carbonyl (C=O) groups excluding carboxylic acids is 1. The molecule has 0 saturated carbocycles. The number of carbonyl (C=O) groups is 1. The maximum Gasteiger partial charge on any atom is 0.243 e. The minimum absolute atomic E-state index is 0.130. The van der Waals surface area contributed by atoms with Crippen LogP contribution in [0.3, 0.4) is 0 Å². The Labute approximate surface area is 165 Å². The predicted molar refractivity (Wildman–Crippen MR) is 107 cm³/mol. The third kappa shape index (κ3) is 4.97. The Kier molecular flexibility index (Phi) is 6.45. The molecule has 28 heavy (non-hydrogen) atoms. The molecule has 0 unspecified atom stereocenters. The van der Waals surface area contributed by atoms with Gasteiger partial charge in [-0.05, 0) is 61.2 Å². The zero-order chi connectivity index (χ0) is 20.0. The van der Waals surface area contributed by atoms with E-state index in [9.17, 15) is 13.2 Å². The number of aryl methyl sites for hydroxylation is 1. The first-order valence-electron chi connectivity index (χ1n) is 9.38. The topological polar surface area (TPSA) is 90.3 Å². The van der Waals surface area contributed by atoms with Gasteiger partial charge in [-0.15, -0.1) is 0 Å². The Balaban J connectivity index is 1.55. The third-order valence-corrected chi connectivity index (χ3v) is 6.73. The first-order valence-corrected chi connectivity index (χ1v) is 10.8. The summed E-state index contributed by atoms with van der Waals surface area (Å²) in [5, 5.41) is 11.6. The molecule has 1 N–H and O–H groups in total. The first-order chi connectivity index (χ1) is 13.5. The molecule has 2 aromatic rings. The summed E-state index contributed by atoms with van der Waals surface area (Å²) >= 11 is 0. The van der Waals surface area contributed by atoms with Crippen molar-refractivity contribution in [3.63, 3.8) is 0 Å². The summed E-state index contributed by atoms with van der Waals surface area (Å²) in [6.45, 7) is 1.17. The molecule has 0 radical (unpaired) electrons. The molecule has 1 heterocycles. The summed E-state index contributed by atoms with van der Waals surface area (Å²) in [6, 6.07) is 15.5. The number of nitriles is 1. The smallest absolute Gasteiger partial charge is 0.243 e. The lowest BCUT2D eigenvalue weighted by molar-refractivity contribution is -0.116. The van der Waals surface area contributed by atoms with Crippen molar-refractivity contribution >= 4 is 21.6 Å². The largest absolute Gasteiger partial charge is 0.326 e. The van der Waals surface area contributed by atoms with Crippen LogP contribution in [0.2, 0.25) is 0 Å². The van der Waals surface area contributed by atoms with Crippen molar-refractivity contribution < 1.29 is 13.2 Å². The molecule has 1 aliphatic heterocycles. The fraction of sp³-hybridized carbons (Fsp3) is 0.333. The summed E-state index contributed by atoms with van der Waals surface area (Å²) in [5.74, 6) is -0.130. The quantitative estimate of drug-likeness (QED) is 0.810. The van der Waals surface area contributed by atoms with Gasteiger partial charge in [-0.1, -0.05) is 18.6 Å². The van der Waals surface area contributed by atoms with Crippen LogP contribution in [0, 0.1) is 11.3 Å². The zero-order valence-corrected chi connectivity index (χ0v) is 16.4. The van der Waals surface area contributed by atoms with Crippen molar-refractivity contribution in [3.05, 3.63) is 59.7 Å². The normalized spacial score (nSPS) is 15.0. The SMILES string of the molecule is N#Cc1ccc(NC(=O)CCc2ccc(S(=O)(=O)N3CCCCC3)cc2)cc1. The molecule has 0 atom stereocenters. The molecule has 1 saturated heterocycles. The van der Waals surface area contributed by atoms with Crippen LogP contribution >= 0.6 is 0 Å². The maximum absolute atomic E-state index is 12.7. The van der Waals surface area contributed by atoms with Crippen molar-refractivity contribution in [1.82, 2.24) is 4.31 Å². The molecule has 2 aromatic carbocycles. The second kappa shape index (κ2) is 9.00. The molecule has 0 aliphatic carbocycles. The summed E-state index contributed by atoms with van der Waals surface area (Å²) < 4.78 is 26.9. The highest BCUT2D eigenvalue weighted by Gasteiger charge is 2.25. The fourth-order valence-corrected chi connectivity index (χ4v) is 4.71. The van der Waals surface area contributed by atoms with Gasteiger partial charge in [0.1, 0.15) is 0 Å². The van der Waals surface area contributed by atoms with Crippen LogP contribution in [0.4, 0.5) is 5.69 Å². The van der Waals surface area contributed by atoms with Gasteiger partial charge in [0.05, 0.1) is 16.5 Å². The van der Waals surface area contributed by atoms with Crippen LogP contribution in [-0.4, -0.2) is 31.7 Å². The minimum atomic E-state index is -3.43. The molecule has 0 spiro atoms. The van der Waals surface area contributed by atoms with Crippen molar-refractivity contribution in [2.75, 3.05) is 18.4 Å². The second-order valence-corrected chi connectivity index (χ2v) is 8.78. The van der Waals surface area contributed by atoms with E-state index in [0.29, 0.717) is 35.7 Å². The van der Waals surface area contributed by atoms with Crippen molar-refractivity contribution in [1.29, 1.82) is 5.26 Å². The van der Waals surface area contributed by atoms with Crippen molar-refractivity contribution in [2.24, 2.45) is 0 Å². The average Bonchev–Trinajstić information content (AvgIpc) is 2.74. The van der Waals surface area contributed by atoms with Crippen LogP contribution in [0.25, 0.3) is 0 Å². The van der Waals surface area contributed by atoms with Gasteiger partial charge in [0.2, 0.25) is 15.9 Å². The first kappa shape index (κ1) is 20.1. The number of nitrogens with one attached hydrogen (secondary N) is 1. The van der Waals surface area contributed by atoms with Gasteiger partial charge >= 0.3 is 0 Å². The van der Waals surface area contributed by atoms with E-state index >= 15 is 0 Å². The fourth-order valence-electron chi connectivity index (χ4n) is 3.19. The Morgan fingerprint density at radius 1 is 1.00 bits per heavy atom. The molecule has 0 aromatic heterocycles. The van der Waals surface area contributed by atoms with E-state index < -0.39 is 10.0 Å². The summed E-state index contributed by atoms with van der Waals surface area (Å²) in [4.78, 5) is 12.4. The van der Waals surface area contributed by atoms with Crippen LogP contribution in [0.15, 0.2) is 53.4 Å². The van der Waals surface area contributed by atoms with Gasteiger partial charge in [0.15, 0.2) is 0 Å². The van der Waals surface area contributed by atoms with Gasteiger partial charge in [-0.3, -0.25) is 4.79 Å². The molecule has 0 bridgehead atoms. The summed E-state index contributed by atoms with van der Waals surface area (Å²) in [5.41, 5.74) is 2.09. The van der Waals surface area contributed by atoms with E-state index in [4.69, 9.17) is 5.26 Å². The van der Waals surface area contributed by atoms with Gasteiger partial charge in [-0.2, -0.15) is 9.57 Å². The molecule has 7 heteroatoms. The van der Waals surface area contributed by atoms with Gasteiger partial charge < -0.3 is 5.32 Å². The number of rotatable bonds is 6. The monoisotopic (exact) mass is 397 g/mol. The number of sulfonamides is 1. The standard InChI is InChI=1S/C21H23N3O3S/c22-16-18-4-9-19(10-5-18)23-21(25)13-8-17-6-11-20(12-7-17)28(26,27)24-14-2-1-3-15-24/h4-7,9-12H,1-3,8,13-15H2,(H,23,25). The Morgan fingerprint density at radius 2 is 1.64 bits per heavy atom. The molecule has 146 valence electrons. The molecule has 1 fully saturated rings. The number of hydrogen-bond donors (Lipinski definition) is 1. The van der Waals surface area contributed by atoms with E-state index in [0.717, 1.165) is 24.8 Å². The number of anilines is 1. The van der Waals surface area contributed by atoms with Crippen LogP contribution < -0.4 is 5.32 Å². The number of nitrogens with zero attached hydrogens (tertiary/aromatic N) is 2. The number of hydrogen-bond acceptors (Lipinski definition) is 4. The summed E-state index contributed by atoms with van der Waals surface area (Å²) in [6.07, 6.45) is 3.71. The van der Waals surface area contributed by atoms with Gasteiger partial charge in [0, 0.05) is 25.2 Å². The van der Waals surface area contributed by atoms with Crippen molar-refractivity contribution in [3.8, 4) is 6.07 Å². The lowest BCUT2D eigenvalue weighted by Crippen LogP contribution is -2.35. The maximum atomic E-state index is 12.7. The highest BCUT2D eigenvalue weighted by molar-refractivity contribution is 7.89. The lowest BCUT2D eigenvalue weighted by Gasteiger charge is -2.25. The lowest BCUT2D eigenvalue weighted by atomic mass is 10.1. The van der Waals surface area contributed by atoms with Crippen molar-refractivity contribution in [2.45, 2.75) is 37.0 Å². The molecular formula is C21H23N3O3S. The number of piperidine rings is 1. The van der Waals surface area contributed by atoms with Gasteiger partial charge in [-0.25, -0.2) is 8.42 Å². The Morgan fingerprint density at radius 3 is 2.25 bits per heavy atom. The van der Waals surface area contributed by atoms with E-state index in [2.05, 4.69) is 5.32 Å². The Bertz CT molecular complexity index is 955. The molecular weight excluding hydrogens is 374 g/mol. The van der Waals surface area contributed by atoms with E-state index in [1.165, 1.54) is 0 Å². The van der Waals surface area contributed by atoms with Gasteiger partial charge in [0.25, 0.3) is 0 Å². The highest BCUT2D eigenvalue weighted by Crippen LogP contribution is 2.21.